The molecule has 0 fully saturated rings. The number of nitrogens with one attached hydrogen (secondary N) is 1. The zero-order chi connectivity index (χ0) is 10.2. The summed E-state index contributed by atoms with van der Waals surface area (Å²) < 4.78 is 0. The highest BCUT2D eigenvalue weighted by molar-refractivity contribution is 5.64. The maximum atomic E-state index is 3.56. The minimum Gasteiger partial charge on any atom is -0.384 e. The molecule has 0 aromatic heterocycles. The fourth-order valence-electron chi connectivity index (χ4n) is 2.30. The third-order valence-corrected chi connectivity index (χ3v) is 3.62. The van der Waals surface area contributed by atoms with Crippen molar-refractivity contribution >= 4 is 5.69 Å². The van der Waals surface area contributed by atoms with Crippen LogP contribution in [0.2, 0.25) is 0 Å². The van der Waals surface area contributed by atoms with E-state index in [2.05, 4.69) is 44.3 Å². The van der Waals surface area contributed by atoms with E-state index in [1.807, 2.05) is 0 Å². The second-order valence-corrected chi connectivity index (χ2v) is 4.46. The van der Waals surface area contributed by atoms with Crippen LogP contribution in [0.15, 0.2) is 18.2 Å². The number of rotatable bonds is 2. The molecule has 1 nitrogen and oxygen atoms in total. The van der Waals surface area contributed by atoms with Crippen LogP contribution in [-0.4, -0.2) is 6.54 Å². The molecule has 76 valence electrons. The van der Waals surface area contributed by atoms with Crippen molar-refractivity contribution in [3.63, 3.8) is 0 Å². The van der Waals surface area contributed by atoms with Gasteiger partial charge in [0, 0.05) is 17.6 Å². The van der Waals surface area contributed by atoms with E-state index in [0.717, 1.165) is 13.0 Å². The third-order valence-electron chi connectivity index (χ3n) is 3.62. The van der Waals surface area contributed by atoms with Gasteiger partial charge in [-0.15, -0.1) is 0 Å². The van der Waals surface area contributed by atoms with Gasteiger partial charge in [-0.05, 0) is 24.0 Å². The zero-order valence-corrected chi connectivity index (χ0v) is 9.35. The van der Waals surface area contributed by atoms with Gasteiger partial charge in [0.25, 0.3) is 0 Å². The van der Waals surface area contributed by atoms with Crippen molar-refractivity contribution in [3.8, 4) is 0 Å². The average molecular weight is 189 g/mol. The molecule has 1 aliphatic heterocycles. The Morgan fingerprint density at radius 2 is 2.14 bits per heavy atom. The number of benzene rings is 1. The fraction of sp³-hybridized carbons (Fsp3) is 0.538. The molecule has 1 aromatic carbocycles. The van der Waals surface area contributed by atoms with Crippen molar-refractivity contribution < 1.29 is 0 Å². The number of hydrogen-bond donors (Lipinski definition) is 1. The molecule has 1 heterocycles. The van der Waals surface area contributed by atoms with E-state index in [1.165, 1.54) is 23.2 Å². The normalized spacial score (nSPS) is 24.5. The first kappa shape index (κ1) is 9.57. The molecular weight excluding hydrogens is 170 g/mol. The third kappa shape index (κ3) is 1.23. The summed E-state index contributed by atoms with van der Waals surface area (Å²) in [5, 5.41) is 3.56. The van der Waals surface area contributed by atoms with Gasteiger partial charge in [-0.2, -0.15) is 0 Å². The smallest absolute Gasteiger partial charge is 0.0411 e. The van der Waals surface area contributed by atoms with E-state index in [1.54, 1.807) is 0 Å². The molecule has 0 saturated carbocycles. The number of anilines is 1. The Labute approximate surface area is 86.5 Å². The standard InChI is InChI=1S/C13H19N/c1-4-10-7-6-8-11-12(10)14-9-13(11,3)5-2/h6-8,14H,4-5,9H2,1-3H3. The zero-order valence-electron chi connectivity index (χ0n) is 9.35. The van der Waals surface area contributed by atoms with E-state index in [4.69, 9.17) is 0 Å². The van der Waals surface area contributed by atoms with Crippen molar-refractivity contribution in [3.05, 3.63) is 29.3 Å². The van der Waals surface area contributed by atoms with Crippen molar-refractivity contribution in [2.45, 2.75) is 39.0 Å². The highest BCUT2D eigenvalue weighted by Crippen LogP contribution is 2.40. The van der Waals surface area contributed by atoms with Crippen LogP contribution in [0.25, 0.3) is 0 Å². The largest absolute Gasteiger partial charge is 0.384 e. The van der Waals surface area contributed by atoms with Crippen LogP contribution < -0.4 is 5.32 Å². The molecule has 0 radical (unpaired) electrons. The van der Waals surface area contributed by atoms with Crippen LogP contribution in [0.3, 0.4) is 0 Å². The van der Waals surface area contributed by atoms with Crippen molar-refractivity contribution in [1.29, 1.82) is 0 Å². The van der Waals surface area contributed by atoms with Crippen LogP contribution in [-0.2, 0) is 11.8 Å². The van der Waals surface area contributed by atoms with Gasteiger partial charge in [0.2, 0.25) is 0 Å². The van der Waals surface area contributed by atoms with Gasteiger partial charge in [0.1, 0.15) is 0 Å². The van der Waals surface area contributed by atoms with Crippen LogP contribution in [0.4, 0.5) is 5.69 Å². The molecule has 0 saturated heterocycles. The monoisotopic (exact) mass is 189 g/mol. The summed E-state index contributed by atoms with van der Waals surface area (Å²) in [5.74, 6) is 0. The predicted octanol–water partition coefficient (Wildman–Crippen LogP) is 3.34. The Morgan fingerprint density at radius 1 is 1.36 bits per heavy atom. The summed E-state index contributed by atoms with van der Waals surface area (Å²) in [6, 6.07) is 6.70. The number of aryl methyl sites for hydroxylation is 1. The van der Waals surface area contributed by atoms with Gasteiger partial charge in [-0.25, -0.2) is 0 Å². The van der Waals surface area contributed by atoms with E-state index >= 15 is 0 Å². The van der Waals surface area contributed by atoms with Gasteiger partial charge >= 0.3 is 0 Å². The molecule has 1 aliphatic rings. The molecule has 0 amide bonds. The van der Waals surface area contributed by atoms with Gasteiger partial charge in [-0.3, -0.25) is 0 Å². The second kappa shape index (κ2) is 3.30. The van der Waals surface area contributed by atoms with Gasteiger partial charge in [-0.1, -0.05) is 39.0 Å². The minimum absolute atomic E-state index is 0.348. The van der Waals surface area contributed by atoms with Crippen LogP contribution in [0.5, 0.6) is 0 Å². The molecule has 0 aliphatic carbocycles. The molecule has 1 unspecified atom stereocenters. The Kier molecular flexibility index (Phi) is 2.26. The Hall–Kier alpha value is -0.980. The van der Waals surface area contributed by atoms with Crippen LogP contribution in [0.1, 0.15) is 38.3 Å². The Morgan fingerprint density at radius 3 is 2.79 bits per heavy atom. The highest BCUT2D eigenvalue weighted by atomic mass is 14.9. The first-order valence-electron chi connectivity index (χ1n) is 5.57. The number of hydrogen-bond acceptors (Lipinski definition) is 1. The molecule has 1 N–H and O–H groups in total. The Bertz CT molecular complexity index is 343. The van der Waals surface area contributed by atoms with Crippen LogP contribution >= 0.6 is 0 Å². The van der Waals surface area contributed by atoms with Crippen molar-refractivity contribution in [2.24, 2.45) is 0 Å². The lowest BCUT2D eigenvalue weighted by molar-refractivity contribution is 0.504. The van der Waals surface area contributed by atoms with E-state index in [0.29, 0.717) is 5.41 Å². The lowest BCUT2D eigenvalue weighted by Crippen LogP contribution is -2.22. The molecule has 1 aromatic rings. The highest BCUT2D eigenvalue weighted by Gasteiger charge is 2.33. The lowest BCUT2D eigenvalue weighted by atomic mass is 9.81. The Balaban J connectivity index is 2.52. The van der Waals surface area contributed by atoms with Gasteiger partial charge in [0.15, 0.2) is 0 Å². The van der Waals surface area contributed by atoms with Gasteiger partial charge in [0.05, 0.1) is 0 Å². The van der Waals surface area contributed by atoms with E-state index < -0.39 is 0 Å². The topological polar surface area (TPSA) is 12.0 Å². The summed E-state index contributed by atoms with van der Waals surface area (Å²) >= 11 is 0. The quantitative estimate of drug-likeness (QED) is 0.752. The molecule has 0 spiro atoms. The van der Waals surface area contributed by atoms with Crippen LogP contribution in [0, 0.1) is 0 Å². The second-order valence-electron chi connectivity index (χ2n) is 4.46. The molecule has 1 heteroatoms. The molecule has 0 bridgehead atoms. The molecule has 2 rings (SSSR count). The van der Waals surface area contributed by atoms with Crippen molar-refractivity contribution in [1.82, 2.24) is 0 Å². The summed E-state index contributed by atoms with van der Waals surface area (Å²) in [4.78, 5) is 0. The number of para-hydroxylation sites is 1. The number of fused-ring (bicyclic) bond motifs is 1. The summed E-state index contributed by atoms with van der Waals surface area (Å²) in [7, 11) is 0. The molecule has 1 atom stereocenters. The molecular formula is C13H19N. The maximum absolute atomic E-state index is 3.56. The average Bonchev–Trinajstić information content (AvgIpc) is 2.58. The minimum atomic E-state index is 0.348. The predicted molar refractivity (Wildman–Crippen MR) is 62.0 cm³/mol. The summed E-state index contributed by atoms with van der Waals surface area (Å²) in [6.07, 6.45) is 2.33. The first-order valence-corrected chi connectivity index (χ1v) is 5.57. The summed E-state index contributed by atoms with van der Waals surface area (Å²) in [5.41, 5.74) is 4.72. The summed E-state index contributed by atoms with van der Waals surface area (Å²) in [6.45, 7) is 7.94. The van der Waals surface area contributed by atoms with Gasteiger partial charge < -0.3 is 5.32 Å². The maximum Gasteiger partial charge on any atom is 0.0411 e. The SMILES string of the molecule is CCc1cccc2c1NCC2(C)CC. The molecule has 14 heavy (non-hydrogen) atoms. The van der Waals surface area contributed by atoms with Crippen molar-refractivity contribution in [2.75, 3.05) is 11.9 Å². The fourth-order valence-corrected chi connectivity index (χ4v) is 2.30. The van der Waals surface area contributed by atoms with E-state index in [-0.39, 0.29) is 0 Å². The van der Waals surface area contributed by atoms with E-state index in [9.17, 15) is 0 Å². The first-order chi connectivity index (χ1) is 6.71. The lowest BCUT2D eigenvalue weighted by Gasteiger charge is -2.21.